The van der Waals surface area contributed by atoms with Gasteiger partial charge in [0.2, 0.25) is 5.91 Å². The molecule has 6 nitrogen and oxygen atoms in total. The number of likely N-dealkylation sites (N-methyl/N-ethyl adjacent to an activating group) is 1. The van der Waals surface area contributed by atoms with Crippen molar-refractivity contribution in [2.45, 2.75) is 6.42 Å². The smallest absolute Gasteiger partial charge is 0.410 e. The molecular weight excluding hydrogens is 330 g/mol. The topological polar surface area (TPSA) is 53.1 Å². The van der Waals surface area contributed by atoms with Gasteiger partial charge in [-0.25, -0.2) is 4.79 Å². The first-order valence-electron chi connectivity index (χ1n) is 8.78. The van der Waals surface area contributed by atoms with Gasteiger partial charge in [0.15, 0.2) is 0 Å². The van der Waals surface area contributed by atoms with Crippen LogP contribution in [0.4, 0.5) is 16.2 Å². The summed E-state index contributed by atoms with van der Waals surface area (Å²) in [5, 5.41) is 0. The summed E-state index contributed by atoms with van der Waals surface area (Å²) in [5.74, 6) is 0.693. The standard InChI is InChI=1S/C20H21N3O3/c1-21-18-8-7-16(13-15(18)14-19(21)24)22-9-11-23(12-10-22)20(25)26-17-5-3-2-4-6-17/h2-8,13H,9-12,14H2,1H3. The van der Waals surface area contributed by atoms with Crippen LogP contribution >= 0.6 is 0 Å². The van der Waals surface area contributed by atoms with Gasteiger partial charge >= 0.3 is 6.09 Å². The first-order chi connectivity index (χ1) is 12.6. The van der Waals surface area contributed by atoms with E-state index in [9.17, 15) is 9.59 Å². The zero-order valence-corrected chi connectivity index (χ0v) is 14.7. The number of rotatable bonds is 2. The average Bonchev–Trinajstić information content (AvgIpc) is 2.96. The van der Waals surface area contributed by atoms with Crippen LogP contribution in [0.15, 0.2) is 48.5 Å². The summed E-state index contributed by atoms with van der Waals surface area (Å²) < 4.78 is 5.40. The van der Waals surface area contributed by atoms with Crippen LogP contribution in [0.3, 0.4) is 0 Å². The molecular formula is C20H21N3O3. The van der Waals surface area contributed by atoms with Gasteiger partial charge < -0.3 is 19.4 Å². The molecule has 0 unspecified atom stereocenters. The van der Waals surface area contributed by atoms with E-state index in [0.29, 0.717) is 25.3 Å². The largest absolute Gasteiger partial charge is 0.415 e. The molecule has 0 aromatic heterocycles. The highest BCUT2D eigenvalue weighted by Crippen LogP contribution is 2.31. The van der Waals surface area contributed by atoms with Crippen molar-refractivity contribution in [2.24, 2.45) is 0 Å². The van der Waals surface area contributed by atoms with Crippen LogP contribution in [-0.4, -0.2) is 50.1 Å². The van der Waals surface area contributed by atoms with E-state index in [1.165, 1.54) is 0 Å². The Morgan fingerprint density at radius 2 is 1.73 bits per heavy atom. The van der Waals surface area contributed by atoms with E-state index < -0.39 is 0 Å². The second-order valence-electron chi connectivity index (χ2n) is 6.60. The van der Waals surface area contributed by atoms with Crippen molar-refractivity contribution in [3.05, 3.63) is 54.1 Å². The Hall–Kier alpha value is -3.02. The number of hydrogen-bond acceptors (Lipinski definition) is 4. The number of ether oxygens (including phenoxy) is 1. The Bertz CT molecular complexity index is 829. The molecule has 0 spiro atoms. The van der Waals surface area contributed by atoms with Crippen LogP contribution in [0, 0.1) is 0 Å². The zero-order chi connectivity index (χ0) is 18.1. The van der Waals surface area contributed by atoms with E-state index in [2.05, 4.69) is 11.0 Å². The Balaban J connectivity index is 1.37. The first-order valence-corrected chi connectivity index (χ1v) is 8.78. The Morgan fingerprint density at radius 1 is 1.00 bits per heavy atom. The van der Waals surface area contributed by atoms with Crippen LogP contribution < -0.4 is 14.5 Å². The van der Waals surface area contributed by atoms with Crippen LogP contribution in [0.2, 0.25) is 0 Å². The maximum Gasteiger partial charge on any atom is 0.415 e. The molecule has 2 amide bonds. The highest BCUT2D eigenvalue weighted by molar-refractivity contribution is 6.01. The minimum absolute atomic E-state index is 0.130. The lowest BCUT2D eigenvalue weighted by Gasteiger charge is -2.35. The third kappa shape index (κ3) is 3.10. The van der Waals surface area contributed by atoms with Gasteiger partial charge in [0, 0.05) is 44.6 Å². The molecule has 0 aliphatic carbocycles. The Kier molecular flexibility index (Phi) is 4.24. The monoisotopic (exact) mass is 351 g/mol. The lowest BCUT2D eigenvalue weighted by molar-refractivity contribution is -0.117. The summed E-state index contributed by atoms with van der Waals surface area (Å²) in [6, 6.07) is 15.3. The zero-order valence-electron chi connectivity index (χ0n) is 14.7. The number of carbonyl (C=O) groups is 2. The Labute approximate surface area is 152 Å². The van der Waals surface area contributed by atoms with Gasteiger partial charge in [-0.2, -0.15) is 0 Å². The van der Waals surface area contributed by atoms with E-state index in [1.54, 1.807) is 21.9 Å². The summed E-state index contributed by atoms with van der Waals surface area (Å²) in [5.41, 5.74) is 3.16. The fourth-order valence-electron chi connectivity index (χ4n) is 3.45. The van der Waals surface area contributed by atoms with E-state index >= 15 is 0 Å². The number of fused-ring (bicyclic) bond motifs is 1. The molecule has 2 heterocycles. The molecule has 2 aromatic carbocycles. The average molecular weight is 351 g/mol. The van der Waals surface area contributed by atoms with Crippen LogP contribution in [-0.2, 0) is 11.2 Å². The minimum Gasteiger partial charge on any atom is -0.410 e. The van der Waals surface area contributed by atoms with E-state index in [-0.39, 0.29) is 12.0 Å². The molecule has 0 atom stereocenters. The van der Waals surface area contributed by atoms with Crippen molar-refractivity contribution in [2.75, 3.05) is 43.0 Å². The van der Waals surface area contributed by atoms with E-state index in [0.717, 1.165) is 30.0 Å². The third-order valence-electron chi connectivity index (χ3n) is 4.99. The first kappa shape index (κ1) is 16.4. The summed E-state index contributed by atoms with van der Waals surface area (Å²) in [6.07, 6.45) is 0.153. The molecule has 1 fully saturated rings. The second-order valence-corrected chi connectivity index (χ2v) is 6.60. The van der Waals surface area contributed by atoms with Crippen molar-refractivity contribution in [1.29, 1.82) is 0 Å². The van der Waals surface area contributed by atoms with Gasteiger partial charge in [0.25, 0.3) is 0 Å². The lowest BCUT2D eigenvalue weighted by atomic mass is 10.1. The second kappa shape index (κ2) is 6.71. The predicted octanol–water partition coefficient (Wildman–Crippen LogP) is 2.53. The van der Waals surface area contributed by atoms with Gasteiger partial charge in [-0.1, -0.05) is 18.2 Å². The maximum absolute atomic E-state index is 12.3. The number of piperazine rings is 1. The molecule has 2 aliphatic heterocycles. The molecule has 26 heavy (non-hydrogen) atoms. The van der Waals surface area contributed by atoms with Gasteiger partial charge in [0.1, 0.15) is 5.75 Å². The molecule has 6 heteroatoms. The van der Waals surface area contributed by atoms with Crippen LogP contribution in [0.25, 0.3) is 0 Å². The third-order valence-corrected chi connectivity index (χ3v) is 4.99. The fraction of sp³-hybridized carbons (Fsp3) is 0.300. The molecule has 134 valence electrons. The summed E-state index contributed by atoms with van der Waals surface area (Å²) in [4.78, 5) is 29.8. The van der Waals surface area contributed by atoms with Crippen molar-refractivity contribution in [3.63, 3.8) is 0 Å². The van der Waals surface area contributed by atoms with Gasteiger partial charge in [-0.3, -0.25) is 4.79 Å². The number of anilines is 2. The lowest BCUT2D eigenvalue weighted by Crippen LogP contribution is -2.49. The number of carbonyl (C=O) groups excluding carboxylic acids is 2. The molecule has 2 aliphatic rings. The molecule has 0 bridgehead atoms. The number of para-hydroxylation sites is 1. The van der Waals surface area contributed by atoms with Crippen LogP contribution in [0.5, 0.6) is 5.75 Å². The summed E-state index contributed by atoms with van der Waals surface area (Å²) >= 11 is 0. The highest BCUT2D eigenvalue weighted by Gasteiger charge is 2.26. The van der Waals surface area contributed by atoms with Gasteiger partial charge in [-0.05, 0) is 35.9 Å². The minimum atomic E-state index is -0.308. The summed E-state index contributed by atoms with van der Waals surface area (Å²) in [7, 11) is 1.81. The molecule has 0 saturated carbocycles. The van der Waals surface area contributed by atoms with Gasteiger partial charge in [0.05, 0.1) is 6.42 Å². The predicted molar refractivity (Wildman–Crippen MR) is 99.8 cm³/mol. The maximum atomic E-state index is 12.3. The quantitative estimate of drug-likeness (QED) is 0.834. The fourth-order valence-corrected chi connectivity index (χ4v) is 3.45. The number of nitrogens with zero attached hydrogens (tertiary/aromatic N) is 3. The van der Waals surface area contributed by atoms with Crippen molar-refractivity contribution in [1.82, 2.24) is 4.90 Å². The molecule has 0 N–H and O–H groups in total. The van der Waals surface area contributed by atoms with Gasteiger partial charge in [-0.15, -0.1) is 0 Å². The molecule has 4 rings (SSSR count). The van der Waals surface area contributed by atoms with Crippen LogP contribution in [0.1, 0.15) is 5.56 Å². The van der Waals surface area contributed by atoms with E-state index in [1.807, 2.05) is 37.4 Å². The number of hydrogen-bond donors (Lipinski definition) is 0. The van der Waals surface area contributed by atoms with E-state index in [4.69, 9.17) is 4.74 Å². The van der Waals surface area contributed by atoms with Crippen molar-refractivity contribution in [3.8, 4) is 5.75 Å². The highest BCUT2D eigenvalue weighted by atomic mass is 16.6. The number of amides is 2. The normalized spacial score (nSPS) is 16.7. The molecule has 0 radical (unpaired) electrons. The summed E-state index contributed by atoms with van der Waals surface area (Å²) in [6.45, 7) is 2.71. The molecule has 1 saturated heterocycles. The SMILES string of the molecule is CN1C(=O)Cc2cc(N3CCN(C(=O)Oc4ccccc4)CC3)ccc21. The van der Waals surface area contributed by atoms with Crippen molar-refractivity contribution < 1.29 is 14.3 Å². The number of benzene rings is 2. The van der Waals surface area contributed by atoms with Crippen molar-refractivity contribution >= 4 is 23.4 Å². The molecule has 2 aromatic rings. The Morgan fingerprint density at radius 3 is 2.46 bits per heavy atom.